The van der Waals surface area contributed by atoms with Crippen molar-refractivity contribution in [1.82, 2.24) is 0 Å². The highest BCUT2D eigenvalue weighted by molar-refractivity contribution is 5.87. The summed E-state index contributed by atoms with van der Waals surface area (Å²) in [5.41, 5.74) is 5.84. The first-order valence-electron chi connectivity index (χ1n) is 9.15. The van der Waals surface area contributed by atoms with Gasteiger partial charge < -0.3 is 14.8 Å². The summed E-state index contributed by atoms with van der Waals surface area (Å²) in [5.74, 6) is 0.192. The van der Waals surface area contributed by atoms with Crippen molar-refractivity contribution in [2.24, 2.45) is 0 Å². The van der Waals surface area contributed by atoms with Gasteiger partial charge in [-0.15, -0.1) is 12.4 Å². The van der Waals surface area contributed by atoms with Crippen LogP contribution in [0.5, 0.6) is 5.75 Å². The molecule has 5 heteroatoms. The lowest BCUT2D eigenvalue weighted by atomic mass is 9.89. The number of rotatable bonds is 3. The standard InChI is InChI=1S/C22H23NO3.ClH/c1-13-7-3-6-10-19(13)23-12-15-11-18-16-8-4-5-9-17(16)22(25)26-21(18)14(2)20(15)24;/h3,6-7,10-11,23-24H,4-5,8-9,12H2,1-2H3;1H. The van der Waals surface area contributed by atoms with Gasteiger partial charge in [-0.05, 0) is 62.8 Å². The number of hydrogen-bond acceptors (Lipinski definition) is 4. The molecule has 0 radical (unpaired) electrons. The number of aryl methyl sites for hydroxylation is 3. The number of fused-ring (bicyclic) bond motifs is 3. The average molecular weight is 386 g/mol. The Bertz CT molecular complexity index is 1060. The molecule has 0 amide bonds. The van der Waals surface area contributed by atoms with E-state index in [-0.39, 0.29) is 23.8 Å². The van der Waals surface area contributed by atoms with Crippen molar-refractivity contribution in [1.29, 1.82) is 0 Å². The van der Waals surface area contributed by atoms with Crippen LogP contribution in [-0.4, -0.2) is 5.11 Å². The first kappa shape index (κ1) is 19.3. The summed E-state index contributed by atoms with van der Waals surface area (Å²) in [5, 5.41) is 15.0. The predicted octanol–water partition coefficient (Wildman–Crippen LogP) is 5.03. The number of para-hydroxylation sites is 1. The number of anilines is 1. The maximum atomic E-state index is 12.3. The third-order valence-corrected chi connectivity index (χ3v) is 5.41. The molecule has 0 fully saturated rings. The summed E-state index contributed by atoms with van der Waals surface area (Å²) in [6.07, 6.45) is 3.79. The zero-order chi connectivity index (χ0) is 18.3. The number of phenols is 1. The summed E-state index contributed by atoms with van der Waals surface area (Å²) in [6, 6.07) is 10.1. The van der Waals surface area contributed by atoms with Crippen LogP contribution in [-0.2, 0) is 19.4 Å². The molecule has 4 rings (SSSR count). The Balaban J connectivity index is 0.00000210. The monoisotopic (exact) mass is 385 g/mol. The Labute approximate surface area is 164 Å². The fourth-order valence-corrected chi connectivity index (χ4v) is 3.89. The van der Waals surface area contributed by atoms with Gasteiger partial charge in [0.25, 0.3) is 0 Å². The van der Waals surface area contributed by atoms with E-state index in [0.717, 1.165) is 59.0 Å². The molecule has 1 aliphatic rings. The van der Waals surface area contributed by atoms with E-state index >= 15 is 0 Å². The Kier molecular flexibility index (Phi) is 5.47. The third kappa shape index (κ3) is 3.42. The van der Waals surface area contributed by atoms with Crippen molar-refractivity contribution in [3.05, 3.63) is 68.6 Å². The number of nitrogens with one attached hydrogen (secondary N) is 1. The van der Waals surface area contributed by atoms with E-state index in [1.165, 1.54) is 0 Å². The van der Waals surface area contributed by atoms with E-state index in [4.69, 9.17) is 4.42 Å². The number of aromatic hydroxyl groups is 1. The maximum Gasteiger partial charge on any atom is 0.339 e. The van der Waals surface area contributed by atoms with E-state index in [2.05, 4.69) is 18.3 Å². The van der Waals surface area contributed by atoms with Gasteiger partial charge >= 0.3 is 5.63 Å². The molecule has 0 unspecified atom stereocenters. The van der Waals surface area contributed by atoms with E-state index in [0.29, 0.717) is 17.7 Å². The van der Waals surface area contributed by atoms with Crippen molar-refractivity contribution < 1.29 is 9.52 Å². The summed E-state index contributed by atoms with van der Waals surface area (Å²) in [6.45, 7) is 4.38. The highest BCUT2D eigenvalue weighted by Gasteiger charge is 2.21. The molecule has 4 nitrogen and oxygen atoms in total. The Hall–Kier alpha value is -2.46. The minimum Gasteiger partial charge on any atom is -0.507 e. The molecule has 0 saturated carbocycles. The van der Waals surface area contributed by atoms with Crippen LogP contribution in [0.3, 0.4) is 0 Å². The Morgan fingerprint density at radius 2 is 1.81 bits per heavy atom. The van der Waals surface area contributed by atoms with Crippen LogP contribution in [0, 0.1) is 13.8 Å². The molecule has 1 aromatic heterocycles. The van der Waals surface area contributed by atoms with E-state index in [9.17, 15) is 9.90 Å². The van der Waals surface area contributed by atoms with Crippen molar-refractivity contribution in [2.75, 3.05) is 5.32 Å². The van der Waals surface area contributed by atoms with Crippen molar-refractivity contribution >= 4 is 29.1 Å². The van der Waals surface area contributed by atoms with Crippen LogP contribution in [0.15, 0.2) is 39.5 Å². The first-order valence-corrected chi connectivity index (χ1v) is 9.15. The molecular formula is C22H24ClNO3. The molecule has 1 aliphatic carbocycles. The second kappa shape index (κ2) is 7.65. The fraction of sp³-hybridized carbons (Fsp3) is 0.318. The topological polar surface area (TPSA) is 62.5 Å². The lowest BCUT2D eigenvalue weighted by molar-refractivity contribution is 0.461. The predicted molar refractivity (Wildman–Crippen MR) is 111 cm³/mol. The van der Waals surface area contributed by atoms with Gasteiger partial charge in [-0.1, -0.05) is 18.2 Å². The van der Waals surface area contributed by atoms with Crippen molar-refractivity contribution in [2.45, 2.75) is 46.1 Å². The molecule has 3 aromatic rings. The average Bonchev–Trinajstić information content (AvgIpc) is 2.66. The van der Waals surface area contributed by atoms with Gasteiger partial charge in [-0.2, -0.15) is 0 Å². The number of hydrogen-bond donors (Lipinski definition) is 2. The lowest BCUT2D eigenvalue weighted by Gasteiger charge is -2.19. The summed E-state index contributed by atoms with van der Waals surface area (Å²) < 4.78 is 5.57. The second-order valence-corrected chi connectivity index (χ2v) is 7.11. The number of benzene rings is 2. The minimum absolute atomic E-state index is 0. The molecule has 2 N–H and O–H groups in total. The molecule has 142 valence electrons. The molecular weight excluding hydrogens is 362 g/mol. The van der Waals surface area contributed by atoms with Gasteiger partial charge in [0.1, 0.15) is 11.3 Å². The van der Waals surface area contributed by atoms with Gasteiger partial charge in [0.15, 0.2) is 0 Å². The smallest absolute Gasteiger partial charge is 0.339 e. The van der Waals surface area contributed by atoms with Crippen LogP contribution in [0.25, 0.3) is 11.0 Å². The largest absolute Gasteiger partial charge is 0.507 e. The first-order chi connectivity index (χ1) is 12.6. The zero-order valence-electron chi connectivity index (χ0n) is 15.6. The van der Waals surface area contributed by atoms with E-state index in [1.807, 2.05) is 31.2 Å². The summed E-state index contributed by atoms with van der Waals surface area (Å²) >= 11 is 0. The fourth-order valence-electron chi connectivity index (χ4n) is 3.89. The zero-order valence-corrected chi connectivity index (χ0v) is 16.4. The molecule has 0 atom stereocenters. The minimum atomic E-state index is -0.250. The van der Waals surface area contributed by atoms with Crippen LogP contribution in [0.2, 0.25) is 0 Å². The molecule has 0 aliphatic heterocycles. The van der Waals surface area contributed by atoms with Gasteiger partial charge in [0.05, 0.1) is 0 Å². The van der Waals surface area contributed by atoms with Crippen LogP contribution in [0.4, 0.5) is 5.69 Å². The Morgan fingerprint density at radius 1 is 1.11 bits per heavy atom. The highest BCUT2D eigenvalue weighted by atomic mass is 35.5. The summed E-state index contributed by atoms with van der Waals surface area (Å²) in [7, 11) is 0. The molecule has 1 heterocycles. The molecule has 27 heavy (non-hydrogen) atoms. The second-order valence-electron chi connectivity index (χ2n) is 7.11. The van der Waals surface area contributed by atoms with Gasteiger partial charge in [0.2, 0.25) is 0 Å². The van der Waals surface area contributed by atoms with Gasteiger partial charge in [0, 0.05) is 34.3 Å². The van der Waals surface area contributed by atoms with Gasteiger partial charge in [-0.25, -0.2) is 4.79 Å². The highest BCUT2D eigenvalue weighted by Crippen LogP contribution is 2.35. The summed E-state index contributed by atoms with van der Waals surface area (Å²) in [4.78, 5) is 12.3. The number of phenolic OH excluding ortho intramolecular Hbond substituents is 1. The van der Waals surface area contributed by atoms with E-state index in [1.54, 1.807) is 0 Å². The quantitative estimate of drug-likeness (QED) is 0.621. The maximum absolute atomic E-state index is 12.3. The van der Waals surface area contributed by atoms with Crippen LogP contribution >= 0.6 is 12.4 Å². The van der Waals surface area contributed by atoms with Crippen LogP contribution < -0.4 is 10.9 Å². The molecule has 0 saturated heterocycles. The van der Waals surface area contributed by atoms with Gasteiger partial charge in [-0.3, -0.25) is 0 Å². The number of halogens is 1. The van der Waals surface area contributed by atoms with Crippen molar-refractivity contribution in [3.8, 4) is 5.75 Å². The van der Waals surface area contributed by atoms with Crippen LogP contribution in [0.1, 0.15) is 40.7 Å². The molecule has 0 spiro atoms. The Morgan fingerprint density at radius 3 is 2.56 bits per heavy atom. The normalized spacial score (nSPS) is 13.1. The molecule has 0 bridgehead atoms. The third-order valence-electron chi connectivity index (χ3n) is 5.41. The lowest BCUT2D eigenvalue weighted by Crippen LogP contribution is -2.16. The van der Waals surface area contributed by atoms with Crippen molar-refractivity contribution in [3.63, 3.8) is 0 Å². The molecule has 2 aromatic carbocycles. The SMILES string of the molecule is Cc1ccccc1NCc1cc2c3c(c(=O)oc2c(C)c1O)CCCC3.Cl. The van der Waals surface area contributed by atoms with E-state index < -0.39 is 0 Å².